The SMILES string of the molecule is CN(C)CC(=O)NNC(=S)Nc1ccccc1. The van der Waals surface area contributed by atoms with Gasteiger partial charge in [0.25, 0.3) is 5.91 Å². The van der Waals surface area contributed by atoms with E-state index in [2.05, 4.69) is 16.2 Å². The zero-order valence-electron chi connectivity index (χ0n) is 9.86. The average molecular weight is 252 g/mol. The molecule has 1 rings (SSSR count). The molecule has 0 spiro atoms. The summed E-state index contributed by atoms with van der Waals surface area (Å²) in [6.45, 7) is 0.306. The minimum Gasteiger partial charge on any atom is -0.331 e. The van der Waals surface area contributed by atoms with Gasteiger partial charge in [0.1, 0.15) is 0 Å². The lowest BCUT2D eigenvalue weighted by molar-refractivity contribution is -0.122. The number of nitrogens with one attached hydrogen (secondary N) is 3. The van der Waals surface area contributed by atoms with Crippen molar-refractivity contribution in [3.8, 4) is 0 Å². The van der Waals surface area contributed by atoms with Gasteiger partial charge in [-0.2, -0.15) is 0 Å². The number of carbonyl (C=O) groups is 1. The van der Waals surface area contributed by atoms with Crippen molar-refractivity contribution < 1.29 is 4.79 Å². The molecule has 5 nitrogen and oxygen atoms in total. The molecule has 0 aliphatic rings. The van der Waals surface area contributed by atoms with Crippen LogP contribution < -0.4 is 16.2 Å². The van der Waals surface area contributed by atoms with Crippen LogP contribution in [0.2, 0.25) is 0 Å². The van der Waals surface area contributed by atoms with Crippen LogP contribution in [0.4, 0.5) is 5.69 Å². The van der Waals surface area contributed by atoms with Crippen LogP contribution in [-0.2, 0) is 4.79 Å². The van der Waals surface area contributed by atoms with Crippen LogP contribution in [0.25, 0.3) is 0 Å². The second-order valence-corrected chi connectivity index (χ2v) is 4.14. The molecular formula is C11H16N4OS. The largest absolute Gasteiger partial charge is 0.331 e. The van der Waals surface area contributed by atoms with Crippen LogP contribution >= 0.6 is 12.2 Å². The smallest absolute Gasteiger partial charge is 0.252 e. The second-order valence-electron chi connectivity index (χ2n) is 3.73. The van der Waals surface area contributed by atoms with Gasteiger partial charge in [0.05, 0.1) is 6.54 Å². The number of rotatable bonds is 3. The third kappa shape index (κ3) is 5.84. The Morgan fingerprint density at radius 1 is 1.24 bits per heavy atom. The molecule has 0 aliphatic carbocycles. The molecule has 0 aliphatic heterocycles. The van der Waals surface area contributed by atoms with Gasteiger partial charge in [-0.15, -0.1) is 0 Å². The maximum Gasteiger partial charge on any atom is 0.252 e. The Morgan fingerprint density at radius 3 is 2.47 bits per heavy atom. The first-order chi connectivity index (χ1) is 8.08. The van der Waals surface area contributed by atoms with Crippen LogP contribution in [0.5, 0.6) is 0 Å². The highest BCUT2D eigenvalue weighted by Gasteiger charge is 2.02. The molecular weight excluding hydrogens is 236 g/mol. The Kier molecular flexibility index (Phi) is 5.38. The zero-order valence-corrected chi connectivity index (χ0v) is 10.7. The van der Waals surface area contributed by atoms with Crippen LogP contribution in [0.15, 0.2) is 30.3 Å². The number of para-hydroxylation sites is 1. The molecule has 0 saturated carbocycles. The molecule has 0 atom stereocenters. The standard InChI is InChI=1S/C11H16N4OS/c1-15(2)8-10(16)13-14-11(17)12-9-6-4-3-5-7-9/h3-7H,8H2,1-2H3,(H,13,16)(H2,12,14,17). The summed E-state index contributed by atoms with van der Waals surface area (Å²) in [6, 6.07) is 9.48. The van der Waals surface area contributed by atoms with Crippen molar-refractivity contribution in [3.63, 3.8) is 0 Å². The third-order valence-electron chi connectivity index (χ3n) is 1.81. The fourth-order valence-corrected chi connectivity index (χ4v) is 1.31. The third-order valence-corrected chi connectivity index (χ3v) is 2.01. The minimum absolute atomic E-state index is 0.146. The Morgan fingerprint density at radius 2 is 1.88 bits per heavy atom. The number of hydrazine groups is 1. The molecule has 0 unspecified atom stereocenters. The first kappa shape index (κ1) is 13.4. The quantitative estimate of drug-likeness (QED) is 0.542. The summed E-state index contributed by atoms with van der Waals surface area (Å²) in [4.78, 5) is 13.1. The predicted molar refractivity (Wildman–Crippen MR) is 72.5 cm³/mol. The Hall–Kier alpha value is -1.66. The van der Waals surface area contributed by atoms with E-state index in [0.29, 0.717) is 11.7 Å². The Bertz CT molecular complexity index is 380. The lowest BCUT2D eigenvalue weighted by Gasteiger charge is -2.13. The van der Waals surface area contributed by atoms with Crippen LogP contribution in [0.3, 0.4) is 0 Å². The first-order valence-corrected chi connectivity index (χ1v) is 5.54. The lowest BCUT2D eigenvalue weighted by atomic mass is 10.3. The van der Waals surface area contributed by atoms with E-state index in [-0.39, 0.29) is 5.91 Å². The molecule has 6 heteroatoms. The van der Waals surface area contributed by atoms with Gasteiger partial charge < -0.3 is 10.2 Å². The van der Waals surface area contributed by atoms with Crippen molar-refractivity contribution >= 4 is 28.9 Å². The van der Waals surface area contributed by atoms with Crippen LogP contribution in [0, 0.1) is 0 Å². The lowest BCUT2D eigenvalue weighted by Crippen LogP contribution is -2.46. The summed E-state index contributed by atoms with van der Waals surface area (Å²) in [5, 5.41) is 3.29. The van der Waals surface area contributed by atoms with Gasteiger partial charge in [0, 0.05) is 5.69 Å². The van der Waals surface area contributed by atoms with Crippen molar-refractivity contribution in [2.24, 2.45) is 0 Å². The second kappa shape index (κ2) is 6.82. The summed E-state index contributed by atoms with van der Waals surface area (Å²) < 4.78 is 0. The van der Waals surface area contributed by atoms with Crippen molar-refractivity contribution in [2.45, 2.75) is 0 Å². The number of amides is 1. The zero-order chi connectivity index (χ0) is 12.7. The molecule has 0 aromatic heterocycles. The molecule has 0 heterocycles. The number of thiocarbonyl (C=S) groups is 1. The number of hydrogen-bond donors (Lipinski definition) is 3. The first-order valence-electron chi connectivity index (χ1n) is 5.13. The maximum atomic E-state index is 11.3. The van der Waals surface area contributed by atoms with Crippen LogP contribution in [-0.4, -0.2) is 36.6 Å². The summed E-state index contributed by atoms with van der Waals surface area (Å²) in [6.07, 6.45) is 0. The molecule has 0 radical (unpaired) electrons. The fourth-order valence-electron chi connectivity index (χ4n) is 1.14. The molecule has 92 valence electrons. The van der Waals surface area contributed by atoms with Gasteiger partial charge >= 0.3 is 0 Å². The molecule has 17 heavy (non-hydrogen) atoms. The minimum atomic E-state index is -0.146. The fraction of sp³-hybridized carbons (Fsp3) is 0.273. The van der Waals surface area contributed by atoms with Gasteiger partial charge in [-0.05, 0) is 38.4 Å². The molecule has 3 N–H and O–H groups in total. The van der Waals surface area contributed by atoms with Gasteiger partial charge in [-0.25, -0.2) is 0 Å². The summed E-state index contributed by atoms with van der Waals surface area (Å²) in [5.41, 5.74) is 6.00. The van der Waals surface area contributed by atoms with E-state index in [1.165, 1.54) is 0 Å². The maximum absolute atomic E-state index is 11.3. The van der Waals surface area contributed by atoms with Gasteiger partial charge in [0.2, 0.25) is 0 Å². The van der Waals surface area contributed by atoms with Crippen molar-refractivity contribution in [1.82, 2.24) is 15.8 Å². The number of nitrogens with zero attached hydrogens (tertiary/aromatic N) is 1. The highest BCUT2D eigenvalue weighted by molar-refractivity contribution is 7.80. The van der Waals surface area contributed by atoms with Gasteiger partial charge in [-0.3, -0.25) is 15.6 Å². The highest BCUT2D eigenvalue weighted by atomic mass is 32.1. The summed E-state index contributed by atoms with van der Waals surface area (Å²) in [7, 11) is 3.64. The average Bonchev–Trinajstić information content (AvgIpc) is 2.27. The molecule has 0 bridgehead atoms. The monoisotopic (exact) mass is 252 g/mol. The Labute approximate surface area is 106 Å². The molecule has 0 fully saturated rings. The summed E-state index contributed by atoms with van der Waals surface area (Å²) in [5.74, 6) is -0.146. The number of likely N-dealkylation sites (N-methyl/N-ethyl adjacent to an activating group) is 1. The Balaban J connectivity index is 2.29. The molecule has 1 amide bonds. The van der Waals surface area contributed by atoms with E-state index in [9.17, 15) is 4.79 Å². The number of benzene rings is 1. The van der Waals surface area contributed by atoms with Gasteiger partial charge in [-0.1, -0.05) is 18.2 Å². The van der Waals surface area contributed by atoms with E-state index in [1.807, 2.05) is 44.4 Å². The topological polar surface area (TPSA) is 56.4 Å². The number of anilines is 1. The number of hydrogen-bond acceptors (Lipinski definition) is 3. The summed E-state index contributed by atoms with van der Waals surface area (Å²) >= 11 is 5.02. The van der Waals surface area contributed by atoms with E-state index in [0.717, 1.165) is 5.69 Å². The van der Waals surface area contributed by atoms with Crippen molar-refractivity contribution in [2.75, 3.05) is 26.0 Å². The van der Waals surface area contributed by atoms with Crippen molar-refractivity contribution in [1.29, 1.82) is 0 Å². The van der Waals surface area contributed by atoms with E-state index in [4.69, 9.17) is 12.2 Å². The van der Waals surface area contributed by atoms with E-state index >= 15 is 0 Å². The van der Waals surface area contributed by atoms with E-state index in [1.54, 1.807) is 4.90 Å². The normalized spacial score (nSPS) is 9.82. The number of carbonyl (C=O) groups excluding carboxylic acids is 1. The molecule has 1 aromatic rings. The molecule has 1 aromatic carbocycles. The predicted octanol–water partition coefficient (Wildman–Crippen LogP) is 0.566. The molecule has 0 saturated heterocycles. The van der Waals surface area contributed by atoms with Crippen LogP contribution in [0.1, 0.15) is 0 Å². The van der Waals surface area contributed by atoms with Gasteiger partial charge in [0.15, 0.2) is 5.11 Å². The van der Waals surface area contributed by atoms with E-state index < -0.39 is 0 Å². The highest BCUT2D eigenvalue weighted by Crippen LogP contribution is 2.03. The van der Waals surface area contributed by atoms with Crippen molar-refractivity contribution in [3.05, 3.63) is 30.3 Å².